The Bertz CT molecular complexity index is 885. The number of nitrogens with zero attached hydrogens (tertiary/aromatic N) is 1. The summed E-state index contributed by atoms with van der Waals surface area (Å²) >= 11 is 11.8. The van der Waals surface area contributed by atoms with Crippen molar-refractivity contribution in [3.05, 3.63) is 58.1 Å². The van der Waals surface area contributed by atoms with E-state index in [0.717, 1.165) is 17.7 Å². The van der Waals surface area contributed by atoms with Crippen LogP contribution in [0.25, 0.3) is 0 Å². The van der Waals surface area contributed by atoms with Gasteiger partial charge in [-0.1, -0.05) is 48.3 Å². The van der Waals surface area contributed by atoms with Crippen molar-refractivity contribution in [1.82, 2.24) is 5.43 Å². The predicted octanol–water partition coefficient (Wildman–Crippen LogP) is 4.46. The second-order valence-corrected chi connectivity index (χ2v) is 6.82. The molecule has 2 aromatic rings. The molecule has 2 rings (SSSR count). The van der Waals surface area contributed by atoms with Crippen LogP contribution in [0.1, 0.15) is 25.8 Å². The smallest absolute Gasteiger partial charge is 0.277 e. The number of halogens is 2. The summed E-state index contributed by atoms with van der Waals surface area (Å²) in [5.74, 6) is -0.335. The number of hydrogen-bond donors (Lipinski definition) is 2. The second-order valence-electron chi connectivity index (χ2n) is 5.98. The van der Waals surface area contributed by atoms with E-state index in [2.05, 4.69) is 15.8 Å². The second kappa shape index (κ2) is 10.7. The number of ether oxygens (including phenoxy) is 1. The third kappa shape index (κ3) is 6.87. The van der Waals surface area contributed by atoms with E-state index in [9.17, 15) is 9.59 Å². The highest BCUT2D eigenvalue weighted by atomic mass is 35.5. The summed E-state index contributed by atoms with van der Waals surface area (Å²) in [5, 5.41) is 7.56. The van der Waals surface area contributed by atoms with Crippen molar-refractivity contribution in [2.45, 2.75) is 26.7 Å². The van der Waals surface area contributed by atoms with Crippen molar-refractivity contribution in [2.75, 3.05) is 11.9 Å². The highest BCUT2D eigenvalue weighted by molar-refractivity contribution is 6.35. The fourth-order valence-corrected chi connectivity index (χ4v) is 2.81. The zero-order valence-electron chi connectivity index (χ0n) is 15.6. The number of aryl methyl sites for hydroxylation is 1. The molecule has 8 heteroatoms. The summed E-state index contributed by atoms with van der Waals surface area (Å²) in [6, 6.07) is 12.3. The van der Waals surface area contributed by atoms with Crippen LogP contribution in [0.5, 0.6) is 5.75 Å². The normalized spacial score (nSPS) is 11.1. The van der Waals surface area contributed by atoms with E-state index in [4.69, 9.17) is 27.9 Å². The van der Waals surface area contributed by atoms with Crippen LogP contribution in [0.15, 0.2) is 47.6 Å². The molecule has 28 heavy (non-hydrogen) atoms. The Hall–Kier alpha value is -2.57. The van der Waals surface area contributed by atoms with Gasteiger partial charge in [0.05, 0.1) is 11.4 Å². The van der Waals surface area contributed by atoms with Gasteiger partial charge >= 0.3 is 0 Å². The van der Waals surface area contributed by atoms with Gasteiger partial charge < -0.3 is 10.1 Å². The molecule has 0 saturated carbocycles. The molecule has 0 unspecified atom stereocenters. The van der Waals surface area contributed by atoms with Crippen LogP contribution in [-0.4, -0.2) is 24.1 Å². The van der Waals surface area contributed by atoms with E-state index >= 15 is 0 Å². The number of anilines is 1. The number of nitrogens with one attached hydrogen (secondary N) is 2. The molecule has 0 radical (unpaired) electrons. The lowest BCUT2D eigenvalue weighted by Gasteiger charge is -2.10. The number of benzene rings is 2. The number of carbonyl (C=O) groups excluding carboxylic acids is 2. The Balaban J connectivity index is 1.81. The number of hydrogen-bond acceptors (Lipinski definition) is 4. The highest BCUT2D eigenvalue weighted by Gasteiger charge is 2.09. The van der Waals surface area contributed by atoms with Gasteiger partial charge in [0.15, 0.2) is 6.61 Å². The Morgan fingerprint density at radius 2 is 1.86 bits per heavy atom. The van der Waals surface area contributed by atoms with Gasteiger partial charge in [0.25, 0.3) is 5.91 Å². The molecule has 0 spiro atoms. The molecule has 0 bridgehead atoms. The summed E-state index contributed by atoms with van der Waals surface area (Å²) in [6.45, 7) is 3.41. The first kappa shape index (κ1) is 21.7. The molecule has 0 aliphatic rings. The molecule has 148 valence electrons. The van der Waals surface area contributed by atoms with E-state index < -0.39 is 5.91 Å². The molecular weight excluding hydrogens is 401 g/mol. The molecule has 0 saturated heterocycles. The standard InChI is InChI=1S/C20H21Cl2N3O3/c1-3-14-6-4-5-7-17(14)23-19(26)10-13(2)24-25-20(27)12-28-18-9-8-15(21)11-16(18)22/h4-9,11H,3,10,12H2,1-2H3,(H,23,26)(H,25,27)/b24-13+. The Kier molecular flexibility index (Phi) is 8.29. The van der Waals surface area contributed by atoms with E-state index in [-0.39, 0.29) is 18.9 Å². The van der Waals surface area contributed by atoms with Crippen LogP contribution >= 0.6 is 23.2 Å². The summed E-state index contributed by atoms with van der Waals surface area (Å²) < 4.78 is 5.32. The molecule has 2 N–H and O–H groups in total. The van der Waals surface area contributed by atoms with Gasteiger partial charge in [-0.05, 0) is 43.2 Å². The lowest BCUT2D eigenvalue weighted by Crippen LogP contribution is -2.26. The van der Waals surface area contributed by atoms with E-state index in [1.165, 1.54) is 6.07 Å². The van der Waals surface area contributed by atoms with Crippen LogP contribution in [0.3, 0.4) is 0 Å². The molecular formula is C20H21Cl2N3O3. The quantitative estimate of drug-likeness (QED) is 0.487. The average Bonchev–Trinajstić information content (AvgIpc) is 2.66. The average molecular weight is 422 g/mol. The van der Waals surface area contributed by atoms with E-state index in [1.54, 1.807) is 19.1 Å². The van der Waals surface area contributed by atoms with Crippen molar-refractivity contribution in [2.24, 2.45) is 5.10 Å². The lowest BCUT2D eigenvalue weighted by atomic mass is 10.1. The molecule has 0 aliphatic carbocycles. The maximum atomic E-state index is 12.2. The van der Waals surface area contributed by atoms with Crippen LogP contribution in [0, 0.1) is 0 Å². The number of carbonyl (C=O) groups is 2. The van der Waals surface area contributed by atoms with Gasteiger partial charge in [0.1, 0.15) is 5.75 Å². The molecule has 0 fully saturated rings. The number of para-hydroxylation sites is 1. The SMILES string of the molecule is CCc1ccccc1NC(=O)C/C(C)=N/NC(=O)COc1ccc(Cl)cc1Cl. The van der Waals surface area contributed by atoms with E-state index in [1.807, 2.05) is 31.2 Å². The van der Waals surface area contributed by atoms with Crippen molar-refractivity contribution in [1.29, 1.82) is 0 Å². The predicted molar refractivity (Wildman–Crippen MR) is 112 cm³/mol. The molecule has 0 heterocycles. The highest BCUT2D eigenvalue weighted by Crippen LogP contribution is 2.27. The lowest BCUT2D eigenvalue weighted by molar-refractivity contribution is -0.123. The summed E-state index contributed by atoms with van der Waals surface area (Å²) in [4.78, 5) is 24.0. The van der Waals surface area contributed by atoms with Gasteiger partial charge in [0.2, 0.25) is 5.91 Å². The Morgan fingerprint density at radius 1 is 1.11 bits per heavy atom. The summed E-state index contributed by atoms with van der Waals surface area (Å²) in [7, 11) is 0. The maximum absolute atomic E-state index is 12.2. The largest absolute Gasteiger partial charge is 0.482 e. The fourth-order valence-electron chi connectivity index (χ4n) is 2.34. The first-order chi connectivity index (χ1) is 13.4. The maximum Gasteiger partial charge on any atom is 0.277 e. The van der Waals surface area contributed by atoms with Crippen LogP contribution in [0.4, 0.5) is 5.69 Å². The van der Waals surface area contributed by atoms with E-state index in [0.29, 0.717) is 21.5 Å². The van der Waals surface area contributed by atoms with Crippen molar-refractivity contribution in [3.63, 3.8) is 0 Å². The molecule has 6 nitrogen and oxygen atoms in total. The Labute approximate surface area is 173 Å². The van der Waals surface area contributed by atoms with Crippen molar-refractivity contribution < 1.29 is 14.3 Å². The minimum absolute atomic E-state index is 0.0577. The first-order valence-electron chi connectivity index (χ1n) is 8.66. The van der Waals surface area contributed by atoms with Gasteiger partial charge in [-0.25, -0.2) is 5.43 Å². The third-order valence-corrected chi connectivity index (χ3v) is 4.24. The van der Waals surface area contributed by atoms with Gasteiger partial charge in [-0.15, -0.1) is 0 Å². The molecule has 0 atom stereocenters. The summed E-state index contributed by atoms with van der Waals surface area (Å²) in [5.41, 5.74) is 4.64. The number of amides is 2. The third-order valence-electron chi connectivity index (χ3n) is 3.71. The minimum Gasteiger partial charge on any atom is -0.482 e. The van der Waals surface area contributed by atoms with Gasteiger partial charge in [-0.3, -0.25) is 9.59 Å². The number of hydrazone groups is 1. The van der Waals surface area contributed by atoms with Crippen LogP contribution < -0.4 is 15.5 Å². The zero-order chi connectivity index (χ0) is 20.5. The summed E-state index contributed by atoms with van der Waals surface area (Å²) in [6.07, 6.45) is 0.874. The minimum atomic E-state index is -0.470. The first-order valence-corrected chi connectivity index (χ1v) is 9.42. The van der Waals surface area contributed by atoms with Crippen LogP contribution in [-0.2, 0) is 16.0 Å². The van der Waals surface area contributed by atoms with Gasteiger partial charge in [-0.2, -0.15) is 5.10 Å². The molecule has 2 amide bonds. The molecule has 0 aliphatic heterocycles. The molecule has 2 aromatic carbocycles. The Morgan fingerprint density at radius 3 is 2.57 bits per heavy atom. The fraction of sp³-hybridized carbons (Fsp3) is 0.250. The zero-order valence-corrected chi connectivity index (χ0v) is 17.1. The number of rotatable bonds is 8. The topological polar surface area (TPSA) is 79.8 Å². The molecule has 0 aromatic heterocycles. The monoisotopic (exact) mass is 421 g/mol. The van der Waals surface area contributed by atoms with Crippen molar-refractivity contribution in [3.8, 4) is 5.75 Å². The van der Waals surface area contributed by atoms with Crippen LogP contribution in [0.2, 0.25) is 10.0 Å². The van der Waals surface area contributed by atoms with Gasteiger partial charge in [0, 0.05) is 16.4 Å². The van der Waals surface area contributed by atoms with Crippen molar-refractivity contribution >= 4 is 46.4 Å².